The second kappa shape index (κ2) is 9.38. The molecule has 1 unspecified atom stereocenters. The summed E-state index contributed by atoms with van der Waals surface area (Å²) in [6, 6.07) is 28.3. The lowest BCUT2D eigenvalue weighted by atomic mass is 9.90. The molecule has 0 saturated heterocycles. The Morgan fingerprint density at radius 1 is 0.857 bits per heavy atom. The number of hydrogen-bond acceptors (Lipinski definition) is 2. The molecule has 1 aliphatic heterocycles. The lowest BCUT2D eigenvalue weighted by Crippen LogP contribution is -2.44. The van der Waals surface area contributed by atoms with E-state index in [1.807, 2.05) is 6.07 Å². The molecule has 0 aromatic heterocycles. The summed E-state index contributed by atoms with van der Waals surface area (Å²) in [6.07, 6.45) is 2.13. The average molecular weight is 391 g/mol. The first kappa shape index (κ1) is 19.2. The van der Waals surface area contributed by atoms with Crippen LogP contribution in [0.4, 0.5) is 0 Å². The van der Waals surface area contributed by atoms with Gasteiger partial charge in [-0.1, -0.05) is 84.4 Å². The van der Waals surface area contributed by atoms with Gasteiger partial charge in [-0.3, -0.25) is 4.90 Å². The Hall–Kier alpha value is -2.13. The predicted molar refractivity (Wildman–Crippen MR) is 118 cm³/mol. The quantitative estimate of drug-likeness (QED) is 0.564. The summed E-state index contributed by atoms with van der Waals surface area (Å²) in [6.45, 7) is 3.84. The zero-order valence-corrected chi connectivity index (χ0v) is 16.9. The van der Waals surface area contributed by atoms with Gasteiger partial charge in [0, 0.05) is 37.2 Å². The Bertz CT molecular complexity index is 880. The standard InChI is InChI=1S/C25H27ClN2/c26-25-13-7-12-22-17-23(16-20-8-3-1-4-9-20)28(19-24(22)25)15-14-27-18-21-10-5-2-6-11-21/h1-13,23,27H,14-19H2. The molecule has 0 amide bonds. The highest BCUT2D eigenvalue weighted by Gasteiger charge is 2.27. The van der Waals surface area contributed by atoms with Crippen molar-refractivity contribution >= 4 is 11.6 Å². The predicted octanol–water partition coefficient (Wildman–Crippen LogP) is 5.10. The summed E-state index contributed by atoms with van der Waals surface area (Å²) in [5, 5.41) is 4.50. The van der Waals surface area contributed by atoms with Crippen LogP contribution >= 0.6 is 11.6 Å². The van der Waals surface area contributed by atoms with Crippen molar-refractivity contribution in [2.45, 2.75) is 32.0 Å². The van der Waals surface area contributed by atoms with E-state index < -0.39 is 0 Å². The molecule has 144 valence electrons. The molecule has 0 aliphatic carbocycles. The molecule has 1 aliphatic rings. The molecule has 1 atom stereocenters. The van der Waals surface area contributed by atoms with Crippen LogP contribution in [0.5, 0.6) is 0 Å². The first-order valence-corrected chi connectivity index (χ1v) is 10.5. The molecule has 0 bridgehead atoms. The van der Waals surface area contributed by atoms with Crippen molar-refractivity contribution in [3.63, 3.8) is 0 Å². The molecule has 3 heteroatoms. The van der Waals surface area contributed by atoms with Gasteiger partial charge in [0.2, 0.25) is 0 Å². The fourth-order valence-corrected chi connectivity index (χ4v) is 4.34. The largest absolute Gasteiger partial charge is 0.311 e. The third-order valence-electron chi connectivity index (χ3n) is 5.61. The highest BCUT2D eigenvalue weighted by atomic mass is 35.5. The molecule has 1 heterocycles. The van der Waals surface area contributed by atoms with Crippen LogP contribution < -0.4 is 5.32 Å². The molecule has 0 radical (unpaired) electrons. The van der Waals surface area contributed by atoms with Gasteiger partial charge in [-0.15, -0.1) is 0 Å². The Balaban J connectivity index is 1.43. The average Bonchev–Trinajstić information content (AvgIpc) is 2.73. The van der Waals surface area contributed by atoms with E-state index >= 15 is 0 Å². The third-order valence-corrected chi connectivity index (χ3v) is 5.97. The van der Waals surface area contributed by atoms with Crippen molar-refractivity contribution in [2.24, 2.45) is 0 Å². The Labute approximate surface area is 173 Å². The number of benzene rings is 3. The summed E-state index contributed by atoms with van der Waals surface area (Å²) in [5.74, 6) is 0. The van der Waals surface area contributed by atoms with Gasteiger partial charge in [0.25, 0.3) is 0 Å². The van der Waals surface area contributed by atoms with Gasteiger partial charge in [0.15, 0.2) is 0 Å². The number of nitrogens with zero attached hydrogens (tertiary/aromatic N) is 1. The minimum absolute atomic E-state index is 0.506. The second-order valence-electron chi connectivity index (χ2n) is 7.56. The first-order valence-electron chi connectivity index (χ1n) is 10.1. The summed E-state index contributed by atoms with van der Waals surface area (Å²) in [5.41, 5.74) is 5.44. The van der Waals surface area contributed by atoms with E-state index in [1.54, 1.807) is 0 Å². The SMILES string of the molecule is Clc1cccc2c1CN(CCNCc1ccccc1)C(Cc1ccccc1)C2. The number of nitrogens with one attached hydrogen (secondary N) is 1. The van der Waals surface area contributed by atoms with Crippen LogP contribution in [0.15, 0.2) is 78.9 Å². The molecule has 3 aromatic rings. The lowest BCUT2D eigenvalue weighted by Gasteiger charge is -2.37. The molecule has 1 N–H and O–H groups in total. The monoisotopic (exact) mass is 390 g/mol. The van der Waals surface area contributed by atoms with Crippen LogP contribution in [0.25, 0.3) is 0 Å². The smallest absolute Gasteiger partial charge is 0.0453 e. The van der Waals surface area contributed by atoms with Gasteiger partial charge in [-0.2, -0.15) is 0 Å². The summed E-state index contributed by atoms with van der Waals surface area (Å²) in [7, 11) is 0. The van der Waals surface area contributed by atoms with E-state index in [0.29, 0.717) is 6.04 Å². The maximum atomic E-state index is 6.51. The zero-order valence-electron chi connectivity index (χ0n) is 16.2. The van der Waals surface area contributed by atoms with E-state index in [4.69, 9.17) is 11.6 Å². The minimum Gasteiger partial charge on any atom is -0.311 e. The maximum absolute atomic E-state index is 6.51. The summed E-state index contributed by atoms with van der Waals surface area (Å²) >= 11 is 6.51. The van der Waals surface area contributed by atoms with Crippen LogP contribution in [0.2, 0.25) is 5.02 Å². The first-order chi connectivity index (χ1) is 13.8. The van der Waals surface area contributed by atoms with Crippen molar-refractivity contribution < 1.29 is 0 Å². The lowest BCUT2D eigenvalue weighted by molar-refractivity contribution is 0.170. The Morgan fingerprint density at radius 3 is 2.32 bits per heavy atom. The minimum atomic E-state index is 0.506. The van der Waals surface area contributed by atoms with E-state index in [2.05, 4.69) is 83.0 Å². The van der Waals surface area contributed by atoms with Gasteiger partial charge in [-0.05, 0) is 41.2 Å². The van der Waals surface area contributed by atoms with Gasteiger partial charge < -0.3 is 5.32 Å². The molecule has 28 heavy (non-hydrogen) atoms. The topological polar surface area (TPSA) is 15.3 Å². The van der Waals surface area contributed by atoms with Crippen LogP contribution in [0.1, 0.15) is 22.3 Å². The van der Waals surface area contributed by atoms with Crippen molar-refractivity contribution in [1.29, 1.82) is 0 Å². The van der Waals surface area contributed by atoms with Crippen LogP contribution in [-0.4, -0.2) is 24.0 Å². The normalized spacial score (nSPS) is 16.7. The van der Waals surface area contributed by atoms with Crippen molar-refractivity contribution in [3.8, 4) is 0 Å². The highest BCUT2D eigenvalue weighted by Crippen LogP contribution is 2.30. The van der Waals surface area contributed by atoms with E-state index in [1.165, 1.54) is 22.3 Å². The Kier molecular flexibility index (Phi) is 6.43. The fourth-order valence-electron chi connectivity index (χ4n) is 4.09. The molecule has 3 aromatic carbocycles. The van der Waals surface area contributed by atoms with E-state index in [0.717, 1.165) is 44.0 Å². The number of halogens is 1. The number of rotatable bonds is 7. The van der Waals surface area contributed by atoms with E-state index in [-0.39, 0.29) is 0 Å². The van der Waals surface area contributed by atoms with Crippen molar-refractivity contribution in [2.75, 3.05) is 13.1 Å². The van der Waals surface area contributed by atoms with Crippen LogP contribution in [0, 0.1) is 0 Å². The summed E-state index contributed by atoms with van der Waals surface area (Å²) < 4.78 is 0. The zero-order chi connectivity index (χ0) is 19.2. The molecule has 4 rings (SSSR count). The van der Waals surface area contributed by atoms with Crippen molar-refractivity contribution in [3.05, 3.63) is 106 Å². The van der Waals surface area contributed by atoms with Gasteiger partial charge in [0.1, 0.15) is 0 Å². The Morgan fingerprint density at radius 2 is 1.57 bits per heavy atom. The highest BCUT2D eigenvalue weighted by molar-refractivity contribution is 6.31. The second-order valence-corrected chi connectivity index (χ2v) is 7.97. The maximum Gasteiger partial charge on any atom is 0.0453 e. The molecular weight excluding hydrogens is 364 g/mol. The molecule has 0 spiro atoms. The molecular formula is C25H27ClN2. The summed E-state index contributed by atoms with van der Waals surface area (Å²) in [4.78, 5) is 2.60. The van der Waals surface area contributed by atoms with Gasteiger partial charge in [-0.25, -0.2) is 0 Å². The fraction of sp³-hybridized carbons (Fsp3) is 0.280. The van der Waals surface area contributed by atoms with Crippen LogP contribution in [0.3, 0.4) is 0 Å². The van der Waals surface area contributed by atoms with E-state index in [9.17, 15) is 0 Å². The van der Waals surface area contributed by atoms with Crippen molar-refractivity contribution in [1.82, 2.24) is 10.2 Å². The van der Waals surface area contributed by atoms with Crippen LogP contribution in [-0.2, 0) is 25.9 Å². The number of hydrogen-bond donors (Lipinski definition) is 1. The molecule has 2 nitrogen and oxygen atoms in total. The molecule has 0 saturated carbocycles. The molecule has 0 fully saturated rings. The number of fused-ring (bicyclic) bond motifs is 1. The van der Waals surface area contributed by atoms with Gasteiger partial charge >= 0.3 is 0 Å². The van der Waals surface area contributed by atoms with Gasteiger partial charge in [0.05, 0.1) is 0 Å². The third kappa shape index (κ3) is 4.82.